The Balaban J connectivity index is 1.65. The third kappa shape index (κ3) is 4.26. The summed E-state index contributed by atoms with van der Waals surface area (Å²) in [6.07, 6.45) is 3.79. The summed E-state index contributed by atoms with van der Waals surface area (Å²) in [5, 5.41) is 12.7. The van der Waals surface area contributed by atoms with Gasteiger partial charge >= 0.3 is 5.97 Å². The monoisotopic (exact) mass is 564 g/mol. The Hall–Kier alpha value is -2.84. The molecule has 0 radical (unpaired) electrons. The van der Waals surface area contributed by atoms with Crippen LogP contribution in [0.15, 0.2) is 55.1 Å². The summed E-state index contributed by atoms with van der Waals surface area (Å²) in [6, 6.07) is 12.5. The van der Waals surface area contributed by atoms with Crippen molar-refractivity contribution in [3.63, 3.8) is 0 Å². The molecule has 1 N–H and O–H groups in total. The van der Waals surface area contributed by atoms with E-state index in [-0.39, 0.29) is 43.5 Å². The van der Waals surface area contributed by atoms with Crippen LogP contribution in [-0.2, 0) is 19.1 Å². The summed E-state index contributed by atoms with van der Waals surface area (Å²) in [5.41, 5.74) is 0.727. The average molecular weight is 565 g/mol. The van der Waals surface area contributed by atoms with Crippen molar-refractivity contribution in [2.24, 2.45) is 17.8 Å². The van der Waals surface area contributed by atoms with Crippen molar-refractivity contribution in [3.05, 3.63) is 55.1 Å². The van der Waals surface area contributed by atoms with Crippen LogP contribution < -0.4 is 4.90 Å². The first kappa shape index (κ1) is 28.7. The molecule has 0 saturated carbocycles. The molecule has 3 fully saturated rings. The smallest absolute Gasteiger partial charge is 0.311 e. The number of rotatable bonds is 10. The predicted octanol–water partition coefficient (Wildman–Crippen LogP) is 4.81. The number of likely N-dealkylation sites (tertiary alicyclic amines) is 1. The van der Waals surface area contributed by atoms with Gasteiger partial charge in [-0.1, -0.05) is 56.7 Å². The van der Waals surface area contributed by atoms with Crippen molar-refractivity contribution in [2.75, 3.05) is 24.7 Å². The highest BCUT2D eigenvalue weighted by molar-refractivity contribution is 8.02. The number of amides is 2. The molecule has 8 heteroatoms. The minimum absolute atomic E-state index is 0.0353. The minimum Gasteiger partial charge on any atom is -0.466 e. The summed E-state index contributed by atoms with van der Waals surface area (Å²) >= 11 is 1.62. The molecule has 7 atom stereocenters. The number of fused-ring (bicyclic) bond motifs is 2. The van der Waals surface area contributed by atoms with Crippen molar-refractivity contribution in [1.29, 1.82) is 0 Å². The molecule has 40 heavy (non-hydrogen) atoms. The Bertz CT molecular complexity index is 1330. The highest BCUT2D eigenvalue weighted by atomic mass is 32.2. The number of ether oxygens (including phenoxy) is 1. The van der Waals surface area contributed by atoms with E-state index in [1.54, 1.807) is 34.6 Å². The van der Waals surface area contributed by atoms with E-state index in [0.717, 1.165) is 22.9 Å². The van der Waals surface area contributed by atoms with Gasteiger partial charge in [-0.2, -0.15) is 0 Å². The van der Waals surface area contributed by atoms with E-state index < -0.39 is 33.4 Å². The van der Waals surface area contributed by atoms with Crippen LogP contribution in [0.1, 0.15) is 47.0 Å². The van der Waals surface area contributed by atoms with E-state index >= 15 is 0 Å². The molecule has 214 valence electrons. The number of esters is 1. The molecule has 2 aromatic carbocycles. The van der Waals surface area contributed by atoms with Crippen molar-refractivity contribution in [2.45, 2.75) is 68.5 Å². The van der Waals surface area contributed by atoms with E-state index in [1.807, 2.05) is 63.2 Å². The third-order valence-corrected chi connectivity index (χ3v) is 11.4. The van der Waals surface area contributed by atoms with Gasteiger partial charge in [0.15, 0.2) is 0 Å². The zero-order chi connectivity index (χ0) is 28.8. The number of anilines is 1. The molecular formula is C32H40N2O5S. The van der Waals surface area contributed by atoms with Crippen LogP contribution in [-0.4, -0.2) is 69.1 Å². The molecule has 0 aliphatic carbocycles. The van der Waals surface area contributed by atoms with Crippen molar-refractivity contribution in [1.82, 2.24) is 4.90 Å². The summed E-state index contributed by atoms with van der Waals surface area (Å²) < 4.78 is 4.23. The summed E-state index contributed by atoms with van der Waals surface area (Å²) in [7, 11) is 0. The van der Waals surface area contributed by atoms with Crippen LogP contribution in [0.4, 0.5) is 5.69 Å². The standard InChI is InChI=1S/C32H40N2O5S/c1-6-17-33(23-14-13-21-11-9-10-12-22(21)18-23)29(37)27-32-16-15-31(5,40-32)26(30(38)39-8-3)25(32)28(36)34(27)24(19-35)20(4)7-2/h6,9-14,18,20,24-27,35H,1,7-8,15-17,19H2,2-5H3/t20-,24-,25-,26-,27?,31+,32?/m0/s1. The number of hydrogen-bond acceptors (Lipinski definition) is 6. The van der Waals surface area contributed by atoms with Crippen LogP contribution in [0.25, 0.3) is 10.8 Å². The maximum atomic E-state index is 14.9. The van der Waals surface area contributed by atoms with Crippen molar-refractivity contribution >= 4 is 46.0 Å². The molecule has 3 saturated heterocycles. The van der Waals surface area contributed by atoms with Gasteiger partial charge in [0.05, 0.1) is 35.8 Å². The van der Waals surface area contributed by atoms with Crippen LogP contribution in [0.5, 0.6) is 0 Å². The molecule has 5 rings (SSSR count). The van der Waals surface area contributed by atoms with E-state index in [1.165, 1.54) is 0 Å². The predicted molar refractivity (Wildman–Crippen MR) is 159 cm³/mol. The van der Waals surface area contributed by atoms with Crippen molar-refractivity contribution in [3.8, 4) is 0 Å². The maximum Gasteiger partial charge on any atom is 0.311 e. The first-order valence-electron chi connectivity index (χ1n) is 14.4. The lowest BCUT2D eigenvalue weighted by molar-refractivity contribution is -0.155. The quantitative estimate of drug-likeness (QED) is 0.329. The number of aliphatic hydroxyl groups is 1. The Labute approximate surface area is 240 Å². The highest BCUT2D eigenvalue weighted by Gasteiger charge is 2.78. The minimum atomic E-state index is -0.825. The van der Waals surface area contributed by atoms with Gasteiger partial charge in [0.2, 0.25) is 5.91 Å². The normalized spacial score (nSPS) is 30.3. The number of thioether (sulfide) groups is 1. The maximum absolute atomic E-state index is 14.9. The number of benzene rings is 2. The van der Waals surface area contributed by atoms with Crippen LogP contribution >= 0.6 is 11.8 Å². The lowest BCUT2D eigenvalue weighted by Gasteiger charge is -2.41. The van der Waals surface area contributed by atoms with Gasteiger partial charge in [-0.15, -0.1) is 18.3 Å². The van der Waals surface area contributed by atoms with E-state index in [9.17, 15) is 19.5 Å². The molecule has 7 nitrogen and oxygen atoms in total. The van der Waals surface area contributed by atoms with E-state index in [4.69, 9.17) is 4.74 Å². The lowest BCUT2D eigenvalue weighted by atomic mass is 9.66. The van der Waals surface area contributed by atoms with Gasteiger partial charge in [0.1, 0.15) is 6.04 Å². The Kier molecular flexibility index (Phi) is 7.79. The van der Waals surface area contributed by atoms with Crippen LogP contribution in [0.2, 0.25) is 0 Å². The van der Waals surface area contributed by atoms with E-state index in [2.05, 4.69) is 6.58 Å². The molecule has 3 aliphatic heterocycles. The second kappa shape index (κ2) is 10.9. The summed E-state index contributed by atoms with van der Waals surface area (Å²) in [6.45, 7) is 12.0. The molecule has 3 aliphatic rings. The van der Waals surface area contributed by atoms with Gasteiger partial charge in [0.25, 0.3) is 5.91 Å². The lowest BCUT2D eigenvalue weighted by Crippen LogP contribution is -2.58. The first-order valence-corrected chi connectivity index (χ1v) is 15.2. The SMILES string of the molecule is C=CCN(C(=O)C1N([C@@H](CO)[C@@H](C)CC)C(=O)[C@@H]2[C@@H](C(=O)OCC)[C@@]3(C)CCC12S3)c1ccc2ccccc2c1. The third-order valence-electron chi connectivity index (χ3n) is 9.46. The number of nitrogens with zero attached hydrogens (tertiary/aromatic N) is 2. The highest BCUT2D eigenvalue weighted by Crippen LogP contribution is 2.72. The molecule has 1 spiro atoms. The van der Waals surface area contributed by atoms with Gasteiger partial charge in [-0.25, -0.2) is 0 Å². The molecular weight excluding hydrogens is 524 g/mol. The van der Waals surface area contributed by atoms with Gasteiger partial charge < -0.3 is 19.6 Å². The number of carbonyl (C=O) groups is 3. The summed E-state index contributed by atoms with van der Waals surface area (Å²) in [5.74, 6) is -2.13. The Morgan fingerprint density at radius 2 is 1.95 bits per heavy atom. The topological polar surface area (TPSA) is 87.2 Å². The average Bonchev–Trinajstić information content (AvgIpc) is 3.52. The second-order valence-electron chi connectivity index (χ2n) is 11.6. The fourth-order valence-corrected chi connectivity index (χ4v) is 9.67. The number of aliphatic hydroxyl groups excluding tert-OH is 1. The second-order valence-corrected chi connectivity index (χ2v) is 13.5. The zero-order valence-electron chi connectivity index (χ0n) is 23.8. The first-order chi connectivity index (χ1) is 19.2. The Morgan fingerprint density at radius 1 is 1.23 bits per heavy atom. The largest absolute Gasteiger partial charge is 0.466 e. The zero-order valence-corrected chi connectivity index (χ0v) is 24.7. The number of hydrogen-bond donors (Lipinski definition) is 1. The summed E-state index contributed by atoms with van der Waals surface area (Å²) in [4.78, 5) is 46.0. The van der Waals surface area contributed by atoms with E-state index in [0.29, 0.717) is 12.8 Å². The molecule has 2 amide bonds. The fourth-order valence-electron chi connectivity index (χ4n) is 7.35. The molecule has 3 heterocycles. The number of carbonyl (C=O) groups excluding carboxylic acids is 3. The molecule has 0 aromatic heterocycles. The molecule has 2 bridgehead atoms. The molecule has 2 unspecified atom stereocenters. The fraction of sp³-hybridized carbons (Fsp3) is 0.531. The van der Waals surface area contributed by atoms with Gasteiger partial charge in [-0.05, 0) is 55.5 Å². The van der Waals surface area contributed by atoms with Gasteiger partial charge in [-0.3, -0.25) is 14.4 Å². The van der Waals surface area contributed by atoms with Crippen LogP contribution in [0, 0.1) is 17.8 Å². The molecule has 2 aromatic rings. The van der Waals surface area contributed by atoms with Crippen molar-refractivity contribution < 1.29 is 24.2 Å². The Morgan fingerprint density at radius 3 is 2.60 bits per heavy atom. The van der Waals surface area contributed by atoms with Gasteiger partial charge in [0, 0.05) is 17.0 Å². The van der Waals surface area contributed by atoms with Crippen LogP contribution in [0.3, 0.4) is 0 Å².